The van der Waals surface area contributed by atoms with E-state index in [1.807, 2.05) is 0 Å². The molecule has 2 nitrogen and oxygen atoms in total. The lowest BCUT2D eigenvalue weighted by Gasteiger charge is -1.67. The molecular formula is C3H4NOP. The van der Waals surface area contributed by atoms with E-state index in [-0.39, 0.29) is 0 Å². The molecule has 0 spiro atoms. The van der Waals surface area contributed by atoms with Gasteiger partial charge >= 0.3 is 0 Å². The highest BCUT2D eigenvalue weighted by atomic mass is 31.0. The highest BCUT2D eigenvalue weighted by Crippen LogP contribution is 1.80. The first-order chi connectivity index (χ1) is 2.89. The van der Waals surface area contributed by atoms with Gasteiger partial charge in [0, 0.05) is 0 Å². The number of hydrogen-bond acceptors (Lipinski definition) is 2. The number of oxazole rings is 1. The summed E-state index contributed by atoms with van der Waals surface area (Å²) in [4.78, 5) is 3.71. The van der Waals surface area contributed by atoms with E-state index in [9.17, 15) is 0 Å². The maximum atomic E-state index is 4.69. The summed E-state index contributed by atoms with van der Waals surface area (Å²) >= 11 is 0. The van der Waals surface area contributed by atoms with Gasteiger partial charge in [0.05, 0.1) is 6.20 Å². The van der Waals surface area contributed by atoms with Crippen molar-refractivity contribution in [3.05, 3.63) is 12.5 Å². The average Bonchev–Trinajstić information content (AvgIpc) is 1.86. The van der Waals surface area contributed by atoms with Gasteiger partial charge in [-0.25, -0.2) is 4.98 Å². The summed E-state index contributed by atoms with van der Waals surface area (Å²) < 4.78 is 4.69. The van der Waals surface area contributed by atoms with Gasteiger partial charge in [-0.1, -0.05) is 0 Å². The van der Waals surface area contributed by atoms with Gasteiger partial charge < -0.3 is 4.42 Å². The molecule has 1 atom stereocenters. The fraction of sp³-hybridized carbons (Fsp3) is 0. The third-order valence-corrected chi connectivity index (χ3v) is 0.737. The maximum Gasteiger partial charge on any atom is 0.209 e. The molecule has 0 N–H and O–H groups in total. The lowest BCUT2D eigenvalue weighted by Crippen LogP contribution is -1.83. The third kappa shape index (κ3) is 0.575. The van der Waals surface area contributed by atoms with Gasteiger partial charge in [-0.05, 0) is 9.24 Å². The van der Waals surface area contributed by atoms with Crippen molar-refractivity contribution in [2.24, 2.45) is 0 Å². The molecule has 0 aliphatic heterocycles. The van der Waals surface area contributed by atoms with E-state index in [2.05, 4.69) is 18.6 Å². The Kier molecular flexibility index (Phi) is 0.887. The lowest BCUT2D eigenvalue weighted by atomic mass is 11.0. The smallest absolute Gasteiger partial charge is 0.209 e. The highest BCUT2D eigenvalue weighted by Gasteiger charge is 1.77. The Labute approximate surface area is 37.8 Å². The Morgan fingerprint density at radius 1 is 1.83 bits per heavy atom. The molecule has 0 aromatic carbocycles. The Bertz CT molecular complexity index is 114. The van der Waals surface area contributed by atoms with Gasteiger partial charge in [-0.2, -0.15) is 0 Å². The fourth-order valence-corrected chi connectivity index (χ4v) is 0.399. The molecule has 0 fully saturated rings. The number of rotatable bonds is 0. The molecular weight excluding hydrogens is 97.0 g/mol. The molecule has 0 aliphatic rings. The predicted octanol–water partition coefficient (Wildman–Crippen LogP) is 0.175. The Hall–Kier alpha value is -0.360. The molecule has 1 aromatic rings. The largest absolute Gasteiger partial charge is 0.446 e. The van der Waals surface area contributed by atoms with Crippen molar-refractivity contribution in [1.82, 2.24) is 4.98 Å². The number of hydrogen-bond donors (Lipinski definition) is 0. The number of aromatic nitrogens is 1. The van der Waals surface area contributed by atoms with E-state index >= 15 is 0 Å². The molecule has 0 bridgehead atoms. The van der Waals surface area contributed by atoms with Crippen molar-refractivity contribution in [3.63, 3.8) is 0 Å². The topological polar surface area (TPSA) is 26.0 Å². The van der Waals surface area contributed by atoms with E-state index in [1.54, 1.807) is 6.20 Å². The van der Waals surface area contributed by atoms with Crippen LogP contribution in [0.3, 0.4) is 0 Å². The molecule has 3 heteroatoms. The predicted molar refractivity (Wildman–Crippen MR) is 25.8 cm³/mol. The van der Waals surface area contributed by atoms with Crippen LogP contribution in [-0.2, 0) is 0 Å². The van der Waals surface area contributed by atoms with Gasteiger partial charge in [0.15, 0.2) is 0 Å². The van der Waals surface area contributed by atoms with Crippen molar-refractivity contribution in [1.29, 1.82) is 0 Å². The van der Waals surface area contributed by atoms with Crippen LogP contribution in [0, 0.1) is 0 Å². The first-order valence-corrected chi connectivity index (χ1v) is 2.12. The second-order valence-corrected chi connectivity index (χ2v) is 1.36. The van der Waals surface area contributed by atoms with Gasteiger partial charge in [0.2, 0.25) is 5.63 Å². The van der Waals surface area contributed by atoms with E-state index in [4.69, 9.17) is 0 Å². The summed E-state index contributed by atoms with van der Waals surface area (Å²) in [7, 11) is 2.34. The molecule has 1 rings (SSSR count). The molecule has 0 aliphatic carbocycles. The van der Waals surface area contributed by atoms with Crippen molar-refractivity contribution in [2.75, 3.05) is 0 Å². The van der Waals surface area contributed by atoms with Crippen LogP contribution >= 0.6 is 9.24 Å². The molecule has 32 valence electrons. The Morgan fingerprint density at radius 2 is 2.67 bits per heavy atom. The highest BCUT2D eigenvalue weighted by molar-refractivity contribution is 7.26. The van der Waals surface area contributed by atoms with E-state index < -0.39 is 0 Å². The summed E-state index contributed by atoms with van der Waals surface area (Å²) in [5.74, 6) is 0. The van der Waals surface area contributed by atoms with Crippen LogP contribution in [0.25, 0.3) is 0 Å². The van der Waals surface area contributed by atoms with Crippen LogP contribution in [-0.4, -0.2) is 4.98 Å². The van der Waals surface area contributed by atoms with Gasteiger partial charge in [0.1, 0.15) is 6.26 Å². The monoisotopic (exact) mass is 101 g/mol. The number of nitrogens with zero attached hydrogens (tertiary/aromatic N) is 1. The van der Waals surface area contributed by atoms with Crippen LogP contribution in [0.5, 0.6) is 0 Å². The van der Waals surface area contributed by atoms with Crippen LogP contribution in [0.1, 0.15) is 0 Å². The summed E-state index contributed by atoms with van der Waals surface area (Å²) in [6.45, 7) is 0. The van der Waals surface area contributed by atoms with E-state index in [0.717, 1.165) is 0 Å². The minimum atomic E-state index is 0.634. The average molecular weight is 101 g/mol. The molecule has 0 saturated heterocycles. The molecule has 1 aromatic heterocycles. The first kappa shape index (κ1) is 3.82. The van der Waals surface area contributed by atoms with Gasteiger partial charge in [-0.15, -0.1) is 0 Å². The van der Waals surface area contributed by atoms with Crippen molar-refractivity contribution < 1.29 is 4.42 Å². The standard InChI is InChI=1S/C3H4NOP/c6-3-4-1-2-5-3/h1-2H,6H2. The quantitative estimate of drug-likeness (QED) is 0.435. The fourth-order valence-electron chi connectivity index (χ4n) is 0.234. The first-order valence-electron chi connectivity index (χ1n) is 1.54. The zero-order valence-electron chi connectivity index (χ0n) is 3.09. The van der Waals surface area contributed by atoms with Gasteiger partial charge in [0.25, 0.3) is 0 Å². The summed E-state index contributed by atoms with van der Waals surface area (Å²) in [5.41, 5.74) is 0.634. The Balaban J connectivity index is 3.05. The third-order valence-electron chi connectivity index (χ3n) is 0.451. The van der Waals surface area contributed by atoms with E-state index in [0.29, 0.717) is 5.63 Å². The molecule has 0 saturated carbocycles. The SMILES string of the molecule is Pc1ncco1. The van der Waals surface area contributed by atoms with Crippen molar-refractivity contribution in [2.45, 2.75) is 0 Å². The minimum absolute atomic E-state index is 0.634. The Morgan fingerprint density at radius 3 is 2.83 bits per heavy atom. The molecule has 1 heterocycles. The van der Waals surface area contributed by atoms with E-state index in [1.165, 1.54) is 6.26 Å². The van der Waals surface area contributed by atoms with Gasteiger partial charge in [-0.3, -0.25) is 0 Å². The second-order valence-electron chi connectivity index (χ2n) is 0.870. The normalized spacial score (nSPS) is 8.83. The van der Waals surface area contributed by atoms with Crippen molar-refractivity contribution >= 4 is 14.9 Å². The lowest BCUT2D eigenvalue weighted by molar-refractivity contribution is 0.598. The second kappa shape index (κ2) is 1.39. The minimum Gasteiger partial charge on any atom is -0.446 e. The molecule has 0 amide bonds. The summed E-state index contributed by atoms with van der Waals surface area (Å²) in [6.07, 6.45) is 3.13. The van der Waals surface area contributed by atoms with Crippen LogP contribution in [0.2, 0.25) is 0 Å². The van der Waals surface area contributed by atoms with Crippen LogP contribution < -0.4 is 5.63 Å². The summed E-state index contributed by atoms with van der Waals surface area (Å²) in [6, 6.07) is 0. The zero-order valence-corrected chi connectivity index (χ0v) is 4.24. The molecule has 6 heavy (non-hydrogen) atoms. The van der Waals surface area contributed by atoms with Crippen LogP contribution in [0.4, 0.5) is 0 Å². The molecule has 0 radical (unpaired) electrons. The molecule has 1 unspecified atom stereocenters. The summed E-state index contributed by atoms with van der Waals surface area (Å²) in [5, 5.41) is 0. The zero-order chi connectivity index (χ0) is 4.41. The van der Waals surface area contributed by atoms with Crippen molar-refractivity contribution in [3.8, 4) is 0 Å². The maximum absolute atomic E-state index is 4.69. The van der Waals surface area contributed by atoms with Crippen LogP contribution in [0.15, 0.2) is 16.9 Å².